The number of nitrogens with two attached hydrogens (primary N) is 1. The van der Waals surface area contributed by atoms with Gasteiger partial charge in [0.15, 0.2) is 0 Å². The summed E-state index contributed by atoms with van der Waals surface area (Å²) < 4.78 is 5.55. The first-order valence-corrected chi connectivity index (χ1v) is 9.00. The van der Waals surface area contributed by atoms with Crippen molar-refractivity contribution < 1.29 is 9.53 Å². The number of aromatic nitrogens is 1. The van der Waals surface area contributed by atoms with Crippen molar-refractivity contribution in [2.45, 2.75) is 52.2 Å². The summed E-state index contributed by atoms with van der Waals surface area (Å²) in [6.45, 7) is 8.16. The van der Waals surface area contributed by atoms with E-state index in [1.165, 1.54) is 0 Å². The van der Waals surface area contributed by atoms with E-state index in [2.05, 4.69) is 11.9 Å². The number of carbonyl (C=O) groups is 1. The minimum absolute atomic E-state index is 0.00866. The van der Waals surface area contributed by atoms with Crippen LogP contribution < -0.4 is 5.73 Å². The van der Waals surface area contributed by atoms with Gasteiger partial charge in [-0.1, -0.05) is 6.92 Å². The van der Waals surface area contributed by atoms with E-state index >= 15 is 0 Å². The molecule has 1 aliphatic heterocycles. The molecule has 2 N–H and O–H groups in total. The van der Waals surface area contributed by atoms with Gasteiger partial charge in [0, 0.05) is 31.1 Å². The molecule has 3 unspecified atom stereocenters. The number of hydrogen-bond acceptors (Lipinski definition) is 5. The van der Waals surface area contributed by atoms with Crippen molar-refractivity contribution in [1.82, 2.24) is 9.88 Å². The molecule has 6 heteroatoms. The number of hydrogen-bond donors (Lipinski definition) is 1. The number of rotatable bonds is 6. The van der Waals surface area contributed by atoms with E-state index in [0.717, 1.165) is 30.1 Å². The summed E-state index contributed by atoms with van der Waals surface area (Å²) in [4.78, 5) is 19.1. The summed E-state index contributed by atoms with van der Waals surface area (Å²) in [6, 6.07) is 0.168. The first-order chi connectivity index (χ1) is 10.6. The van der Waals surface area contributed by atoms with Gasteiger partial charge in [-0.2, -0.15) is 0 Å². The Labute approximate surface area is 136 Å². The second kappa shape index (κ2) is 8.04. The summed E-state index contributed by atoms with van der Waals surface area (Å²) in [5, 5.41) is 2.90. The maximum atomic E-state index is 12.6. The van der Waals surface area contributed by atoms with E-state index < -0.39 is 0 Å². The number of likely N-dealkylation sites (tertiary alicyclic amines) is 1. The molecule has 1 amide bonds. The van der Waals surface area contributed by atoms with Gasteiger partial charge in [0.05, 0.1) is 12.1 Å². The molecular formula is C16H27N3O2S. The Balaban J connectivity index is 1.99. The van der Waals surface area contributed by atoms with Crippen LogP contribution in [0.25, 0.3) is 0 Å². The molecule has 22 heavy (non-hydrogen) atoms. The van der Waals surface area contributed by atoms with Gasteiger partial charge < -0.3 is 15.4 Å². The number of amides is 1. The summed E-state index contributed by atoms with van der Waals surface area (Å²) >= 11 is 1.56. The Morgan fingerprint density at radius 1 is 1.64 bits per heavy atom. The molecule has 1 aromatic heterocycles. The van der Waals surface area contributed by atoms with Gasteiger partial charge in [0.1, 0.15) is 11.1 Å². The molecule has 0 spiro atoms. The number of thiazole rings is 1. The average Bonchev–Trinajstić information content (AvgIpc) is 2.95. The van der Waals surface area contributed by atoms with E-state index in [4.69, 9.17) is 10.5 Å². The molecule has 5 nitrogen and oxygen atoms in total. The molecule has 0 radical (unpaired) electrons. The lowest BCUT2D eigenvalue weighted by molar-refractivity contribution is -0.135. The molecule has 0 saturated carbocycles. The lowest BCUT2D eigenvalue weighted by atomic mass is 9.90. The van der Waals surface area contributed by atoms with Crippen LogP contribution in [0.15, 0.2) is 5.38 Å². The van der Waals surface area contributed by atoms with Gasteiger partial charge in [-0.3, -0.25) is 4.79 Å². The van der Waals surface area contributed by atoms with Crippen LogP contribution in [0.2, 0.25) is 0 Å². The van der Waals surface area contributed by atoms with E-state index in [1.54, 1.807) is 11.3 Å². The third-order valence-electron chi connectivity index (χ3n) is 4.34. The molecular weight excluding hydrogens is 298 g/mol. The standard InChI is InChI=1S/C16H27N3O2S/c1-4-21-12(3)16-18-13(10-22-16)8-15(20)19-7-5-6-11(2)14(19)9-17/h10-12,14H,4-9,17H2,1-3H3. The fourth-order valence-corrected chi connectivity index (χ4v) is 3.91. The van der Waals surface area contributed by atoms with Crippen molar-refractivity contribution in [3.8, 4) is 0 Å². The van der Waals surface area contributed by atoms with Crippen LogP contribution in [0.5, 0.6) is 0 Å². The first kappa shape index (κ1) is 17.4. The molecule has 3 atom stereocenters. The minimum atomic E-state index is -0.00866. The van der Waals surface area contributed by atoms with Gasteiger partial charge in [-0.15, -0.1) is 11.3 Å². The van der Waals surface area contributed by atoms with E-state index in [9.17, 15) is 4.79 Å². The minimum Gasteiger partial charge on any atom is -0.372 e. The number of ether oxygens (including phenoxy) is 1. The van der Waals surface area contributed by atoms with Crippen molar-refractivity contribution in [1.29, 1.82) is 0 Å². The lowest BCUT2D eigenvalue weighted by Gasteiger charge is -2.39. The van der Waals surface area contributed by atoms with Crippen molar-refractivity contribution >= 4 is 17.2 Å². The van der Waals surface area contributed by atoms with Gasteiger partial charge in [0.25, 0.3) is 0 Å². The van der Waals surface area contributed by atoms with Gasteiger partial charge in [0.2, 0.25) is 5.91 Å². The molecule has 2 heterocycles. The second-order valence-electron chi connectivity index (χ2n) is 5.96. The highest BCUT2D eigenvalue weighted by atomic mass is 32.1. The SMILES string of the molecule is CCOC(C)c1nc(CC(=O)N2CCCC(C)C2CN)cs1. The maximum absolute atomic E-state index is 12.6. The Bertz CT molecular complexity index is 491. The zero-order chi connectivity index (χ0) is 16.1. The quantitative estimate of drug-likeness (QED) is 0.872. The third-order valence-corrected chi connectivity index (χ3v) is 5.40. The molecule has 1 aliphatic rings. The van der Waals surface area contributed by atoms with Crippen LogP contribution in [0.3, 0.4) is 0 Å². The molecule has 124 valence electrons. The molecule has 0 bridgehead atoms. The fourth-order valence-electron chi connectivity index (χ4n) is 3.09. The van der Waals surface area contributed by atoms with Crippen molar-refractivity contribution in [3.05, 3.63) is 16.1 Å². The van der Waals surface area contributed by atoms with Crippen LogP contribution >= 0.6 is 11.3 Å². The first-order valence-electron chi connectivity index (χ1n) is 8.12. The zero-order valence-corrected chi connectivity index (χ0v) is 14.6. The van der Waals surface area contributed by atoms with E-state index in [-0.39, 0.29) is 18.1 Å². The average molecular weight is 325 g/mol. The molecule has 0 aliphatic carbocycles. The maximum Gasteiger partial charge on any atom is 0.228 e. The smallest absolute Gasteiger partial charge is 0.228 e. The van der Waals surface area contributed by atoms with Crippen LogP contribution in [0.4, 0.5) is 0 Å². The van der Waals surface area contributed by atoms with E-state index in [0.29, 0.717) is 25.5 Å². The molecule has 1 saturated heterocycles. The molecule has 0 aromatic carbocycles. The van der Waals surface area contributed by atoms with Crippen molar-refractivity contribution in [2.75, 3.05) is 19.7 Å². The summed E-state index contributed by atoms with van der Waals surface area (Å²) in [5.74, 6) is 0.620. The Hall–Kier alpha value is -0.980. The predicted octanol–water partition coefficient (Wildman–Crippen LogP) is 2.37. The normalized spacial score (nSPS) is 23.5. The van der Waals surface area contributed by atoms with E-state index in [1.807, 2.05) is 24.1 Å². The molecule has 1 aromatic rings. The second-order valence-corrected chi connectivity index (χ2v) is 6.85. The van der Waals surface area contributed by atoms with Gasteiger partial charge in [-0.25, -0.2) is 4.98 Å². The topological polar surface area (TPSA) is 68.5 Å². The predicted molar refractivity (Wildman–Crippen MR) is 88.8 cm³/mol. The summed E-state index contributed by atoms with van der Waals surface area (Å²) in [7, 11) is 0. The highest BCUT2D eigenvalue weighted by molar-refractivity contribution is 7.09. The Morgan fingerprint density at radius 3 is 3.09 bits per heavy atom. The third kappa shape index (κ3) is 4.06. The highest BCUT2D eigenvalue weighted by Crippen LogP contribution is 2.25. The number of carbonyl (C=O) groups excluding carboxylic acids is 1. The van der Waals surface area contributed by atoms with Crippen molar-refractivity contribution in [2.24, 2.45) is 11.7 Å². The highest BCUT2D eigenvalue weighted by Gasteiger charge is 2.30. The summed E-state index contributed by atoms with van der Waals surface area (Å²) in [5.41, 5.74) is 6.71. The Morgan fingerprint density at radius 2 is 2.41 bits per heavy atom. The van der Waals surface area contributed by atoms with Crippen LogP contribution in [-0.4, -0.2) is 41.5 Å². The van der Waals surface area contributed by atoms with Gasteiger partial charge in [-0.05, 0) is 32.6 Å². The van der Waals surface area contributed by atoms with Crippen LogP contribution in [0.1, 0.15) is 50.4 Å². The lowest BCUT2D eigenvalue weighted by Crippen LogP contribution is -2.51. The fraction of sp³-hybridized carbons (Fsp3) is 0.750. The van der Waals surface area contributed by atoms with Crippen LogP contribution in [0, 0.1) is 5.92 Å². The van der Waals surface area contributed by atoms with Crippen molar-refractivity contribution in [3.63, 3.8) is 0 Å². The Kier molecular flexibility index (Phi) is 6.35. The van der Waals surface area contributed by atoms with Gasteiger partial charge >= 0.3 is 0 Å². The summed E-state index contributed by atoms with van der Waals surface area (Å²) in [6.07, 6.45) is 2.56. The number of nitrogens with zero attached hydrogens (tertiary/aromatic N) is 2. The number of piperidine rings is 1. The van der Waals surface area contributed by atoms with Crippen LogP contribution in [-0.2, 0) is 16.0 Å². The monoisotopic (exact) mass is 325 g/mol. The largest absolute Gasteiger partial charge is 0.372 e. The zero-order valence-electron chi connectivity index (χ0n) is 13.7. The molecule has 2 rings (SSSR count). The molecule has 1 fully saturated rings.